The predicted octanol–water partition coefficient (Wildman–Crippen LogP) is 4.42. The maximum absolute atomic E-state index is 6.07. The fourth-order valence-electron chi connectivity index (χ4n) is 2.09. The Morgan fingerprint density at radius 2 is 1.86 bits per heavy atom. The van der Waals surface area contributed by atoms with Gasteiger partial charge in [0.05, 0.1) is 7.11 Å². The zero-order valence-corrected chi connectivity index (χ0v) is 13.3. The molecule has 3 nitrogen and oxygen atoms in total. The molecule has 0 aliphatic rings. The molecule has 0 bridgehead atoms. The van der Waals surface area contributed by atoms with Gasteiger partial charge >= 0.3 is 0 Å². The summed E-state index contributed by atoms with van der Waals surface area (Å²) in [4.78, 5) is 0. The zero-order valence-electron chi connectivity index (χ0n) is 12.6. The molecule has 4 heteroatoms. The van der Waals surface area contributed by atoms with E-state index in [1.54, 1.807) is 7.11 Å². The third-order valence-corrected chi connectivity index (χ3v) is 3.49. The summed E-state index contributed by atoms with van der Waals surface area (Å²) in [6.07, 6.45) is 0.957. The maximum Gasteiger partial charge on any atom is 0.169 e. The summed E-state index contributed by atoms with van der Waals surface area (Å²) in [5, 5.41) is 3.77. The van der Waals surface area contributed by atoms with E-state index >= 15 is 0 Å². The Morgan fingerprint density at radius 3 is 2.52 bits per heavy atom. The summed E-state index contributed by atoms with van der Waals surface area (Å²) in [5.74, 6) is 2.15. The molecule has 0 atom stereocenters. The van der Waals surface area contributed by atoms with E-state index in [0.717, 1.165) is 23.5 Å². The van der Waals surface area contributed by atoms with Crippen molar-refractivity contribution in [1.29, 1.82) is 0 Å². The molecule has 0 fully saturated rings. The molecular formula is C17H20ClNO2. The molecule has 0 aliphatic carbocycles. The first kappa shape index (κ1) is 15.7. The Kier molecular flexibility index (Phi) is 5.48. The molecule has 2 aromatic rings. The van der Waals surface area contributed by atoms with Gasteiger partial charge < -0.3 is 14.8 Å². The van der Waals surface area contributed by atoms with Gasteiger partial charge in [-0.15, -0.1) is 0 Å². The van der Waals surface area contributed by atoms with Gasteiger partial charge in [-0.3, -0.25) is 0 Å². The standard InChI is InChI=1S/C17H20ClNO2/c1-4-12-5-8-15(17(9-12)20-3)21-16-10-14(18)7-6-13(16)11-19-2/h5-10,19H,4,11H2,1-3H3. The van der Waals surface area contributed by atoms with Crippen molar-refractivity contribution in [2.45, 2.75) is 19.9 Å². The highest BCUT2D eigenvalue weighted by atomic mass is 35.5. The van der Waals surface area contributed by atoms with E-state index in [0.29, 0.717) is 17.3 Å². The lowest BCUT2D eigenvalue weighted by Crippen LogP contribution is -2.06. The Bertz CT molecular complexity index is 614. The second kappa shape index (κ2) is 7.34. The minimum atomic E-state index is 0.647. The van der Waals surface area contributed by atoms with Crippen LogP contribution in [0, 0.1) is 0 Å². The van der Waals surface area contributed by atoms with Gasteiger partial charge in [0.2, 0.25) is 0 Å². The number of nitrogens with one attached hydrogen (secondary N) is 1. The van der Waals surface area contributed by atoms with Crippen LogP contribution in [-0.2, 0) is 13.0 Å². The van der Waals surface area contributed by atoms with Crippen LogP contribution in [0.2, 0.25) is 5.02 Å². The minimum Gasteiger partial charge on any atom is -0.493 e. The van der Waals surface area contributed by atoms with Crippen molar-refractivity contribution in [1.82, 2.24) is 5.32 Å². The highest BCUT2D eigenvalue weighted by Crippen LogP contribution is 2.35. The first-order chi connectivity index (χ1) is 10.2. The summed E-state index contributed by atoms with van der Waals surface area (Å²) in [7, 11) is 3.54. The lowest BCUT2D eigenvalue weighted by molar-refractivity contribution is 0.377. The van der Waals surface area contributed by atoms with Crippen LogP contribution in [0.15, 0.2) is 36.4 Å². The number of aryl methyl sites for hydroxylation is 1. The van der Waals surface area contributed by atoms with Crippen molar-refractivity contribution in [3.05, 3.63) is 52.5 Å². The number of methoxy groups -OCH3 is 1. The molecule has 0 saturated carbocycles. The van der Waals surface area contributed by atoms with Crippen molar-refractivity contribution in [2.75, 3.05) is 14.2 Å². The number of hydrogen-bond acceptors (Lipinski definition) is 3. The van der Waals surface area contributed by atoms with E-state index in [1.165, 1.54) is 5.56 Å². The van der Waals surface area contributed by atoms with Gasteiger partial charge in [-0.05, 0) is 43.3 Å². The van der Waals surface area contributed by atoms with E-state index in [9.17, 15) is 0 Å². The number of halogens is 1. The van der Waals surface area contributed by atoms with E-state index in [2.05, 4.69) is 12.2 Å². The number of rotatable bonds is 6. The van der Waals surface area contributed by atoms with Crippen LogP contribution in [0.3, 0.4) is 0 Å². The SMILES string of the molecule is CCc1ccc(Oc2cc(Cl)ccc2CNC)c(OC)c1. The van der Waals surface area contributed by atoms with E-state index < -0.39 is 0 Å². The fourth-order valence-corrected chi connectivity index (χ4v) is 2.26. The second-order valence-electron chi connectivity index (χ2n) is 4.72. The van der Waals surface area contributed by atoms with Gasteiger partial charge in [0.1, 0.15) is 5.75 Å². The smallest absolute Gasteiger partial charge is 0.169 e. The molecule has 0 aliphatic heterocycles. The minimum absolute atomic E-state index is 0.647. The second-order valence-corrected chi connectivity index (χ2v) is 5.16. The van der Waals surface area contributed by atoms with Crippen LogP contribution in [0.5, 0.6) is 17.2 Å². The molecule has 0 unspecified atom stereocenters. The molecule has 0 radical (unpaired) electrons. The third-order valence-electron chi connectivity index (χ3n) is 3.25. The molecule has 112 valence electrons. The van der Waals surface area contributed by atoms with Gasteiger partial charge in [0.25, 0.3) is 0 Å². The largest absolute Gasteiger partial charge is 0.493 e. The average Bonchev–Trinajstić information content (AvgIpc) is 2.50. The third kappa shape index (κ3) is 3.90. The number of ether oxygens (including phenoxy) is 2. The zero-order chi connectivity index (χ0) is 15.2. The fraction of sp³-hybridized carbons (Fsp3) is 0.294. The summed E-state index contributed by atoms with van der Waals surface area (Å²) in [6.45, 7) is 2.82. The van der Waals surface area contributed by atoms with Crippen molar-refractivity contribution >= 4 is 11.6 Å². The maximum atomic E-state index is 6.07. The van der Waals surface area contributed by atoms with Crippen molar-refractivity contribution < 1.29 is 9.47 Å². The molecule has 21 heavy (non-hydrogen) atoms. The van der Waals surface area contributed by atoms with E-state index in [-0.39, 0.29) is 0 Å². The van der Waals surface area contributed by atoms with Crippen LogP contribution in [0.1, 0.15) is 18.1 Å². The quantitative estimate of drug-likeness (QED) is 0.857. The summed E-state index contributed by atoms with van der Waals surface area (Å²) in [5.41, 5.74) is 2.25. The normalized spacial score (nSPS) is 10.5. The molecule has 0 aromatic heterocycles. The topological polar surface area (TPSA) is 30.5 Å². The first-order valence-corrected chi connectivity index (χ1v) is 7.33. The number of benzene rings is 2. The molecule has 1 N–H and O–H groups in total. The van der Waals surface area contributed by atoms with Crippen molar-refractivity contribution in [2.24, 2.45) is 0 Å². The van der Waals surface area contributed by atoms with E-state index in [4.69, 9.17) is 21.1 Å². The van der Waals surface area contributed by atoms with Gasteiger partial charge in [-0.1, -0.05) is 30.7 Å². The molecule has 2 rings (SSSR count). The average molecular weight is 306 g/mol. The highest BCUT2D eigenvalue weighted by Gasteiger charge is 2.10. The Hall–Kier alpha value is -1.71. The Labute approximate surface area is 130 Å². The summed E-state index contributed by atoms with van der Waals surface area (Å²) in [6, 6.07) is 11.6. The lowest BCUT2D eigenvalue weighted by atomic mass is 10.1. The molecule has 0 heterocycles. The predicted molar refractivity (Wildman–Crippen MR) is 86.7 cm³/mol. The molecule has 0 spiro atoms. The Morgan fingerprint density at radius 1 is 1.05 bits per heavy atom. The highest BCUT2D eigenvalue weighted by molar-refractivity contribution is 6.30. The number of hydrogen-bond donors (Lipinski definition) is 1. The van der Waals surface area contributed by atoms with Crippen LogP contribution in [0.25, 0.3) is 0 Å². The van der Waals surface area contributed by atoms with Crippen molar-refractivity contribution in [3.8, 4) is 17.2 Å². The molecule has 2 aromatic carbocycles. The van der Waals surface area contributed by atoms with Crippen LogP contribution < -0.4 is 14.8 Å². The van der Waals surface area contributed by atoms with Gasteiger partial charge in [-0.25, -0.2) is 0 Å². The summed E-state index contributed by atoms with van der Waals surface area (Å²) >= 11 is 6.07. The molecule has 0 amide bonds. The van der Waals surface area contributed by atoms with Gasteiger partial charge in [0, 0.05) is 17.1 Å². The van der Waals surface area contributed by atoms with E-state index in [1.807, 2.05) is 43.4 Å². The van der Waals surface area contributed by atoms with Crippen molar-refractivity contribution in [3.63, 3.8) is 0 Å². The van der Waals surface area contributed by atoms with Crippen LogP contribution >= 0.6 is 11.6 Å². The van der Waals surface area contributed by atoms with Gasteiger partial charge in [-0.2, -0.15) is 0 Å². The van der Waals surface area contributed by atoms with Crippen LogP contribution in [0.4, 0.5) is 0 Å². The summed E-state index contributed by atoms with van der Waals surface area (Å²) < 4.78 is 11.4. The van der Waals surface area contributed by atoms with Gasteiger partial charge in [0.15, 0.2) is 11.5 Å². The first-order valence-electron chi connectivity index (χ1n) is 6.95. The van der Waals surface area contributed by atoms with Crippen LogP contribution in [-0.4, -0.2) is 14.2 Å². The molecule has 0 saturated heterocycles. The lowest BCUT2D eigenvalue weighted by Gasteiger charge is -2.14. The monoisotopic (exact) mass is 305 g/mol. The molecular weight excluding hydrogens is 286 g/mol. The Balaban J connectivity index is 2.35.